The highest BCUT2D eigenvalue weighted by Crippen LogP contribution is 2.46. The second-order valence-corrected chi connectivity index (χ2v) is 11.4. The molecule has 10 heteroatoms. The second kappa shape index (κ2) is 12.0. The Labute approximate surface area is 235 Å². The van der Waals surface area contributed by atoms with Crippen LogP contribution in [0.3, 0.4) is 0 Å². The summed E-state index contributed by atoms with van der Waals surface area (Å²) in [5.41, 5.74) is 7.46. The molecule has 216 valence electrons. The number of carbonyl (C=O) groups excluding carboxylic acids is 4. The predicted molar refractivity (Wildman–Crippen MR) is 147 cm³/mol. The summed E-state index contributed by atoms with van der Waals surface area (Å²) >= 11 is 0. The summed E-state index contributed by atoms with van der Waals surface area (Å²) in [6.07, 6.45) is 8.30. The number of hydrogen-bond acceptors (Lipinski definition) is 7. The van der Waals surface area contributed by atoms with Crippen molar-refractivity contribution < 1.29 is 28.7 Å². The quantitative estimate of drug-likeness (QED) is 0.435. The lowest BCUT2D eigenvalue weighted by Gasteiger charge is -2.29. The zero-order chi connectivity index (χ0) is 28.3. The van der Waals surface area contributed by atoms with Crippen molar-refractivity contribution in [3.63, 3.8) is 0 Å². The number of fused-ring (bicyclic) bond motifs is 3. The third-order valence-corrected chi connectivity index (χ3v) is 8.58. The number of nitrogens with one attached hydrogen (secondary N) is 1. The van der Waals surface area contributed by atoms with Gasteiger partial charge >= 0.3 is 12.1 Å². The number of allylic oxidation sites excluding steroid dienone is 1. The molecule has 0 aromatic heterocycles. The first kappa shape index (κ1) is 28.1. The first-order valence-corrected chi connectivity index (χ1v) is 14.6. The van der Waals surface area contributed by atoms with Gasteiger partial charge in [-0.05, 0) is 50.2 Å². The molecule has 1 saturated carbocycles. The van der Waals surface area contributed by atoms with Crippen LogP contribution in [0.1, 0.15) is 63.0 Å². The maximum Gasteiger partial charge on any atom is 0.410 e. The first-order chi connectivity index (χ1) is 19.3. The Hall–Kier alpha value is -3.40. The molecule has 5 rings (SSSR count). The van der Waals surface area contributed by atoms with Gasteiger partial charge in [-0.2, -0.15) is 0 Å². The van der Waals surface area contributed by atoms with Crippen LogP contribution in [0, 0.1) is 5.92 Å². The van der Waals surface area contributed by atoms with Gasteiger partial charge < -0.3 is 30.3 Å². The van der Waals surface area contributed by atoms with Crippen LogP contribution in [-0.4, -0.2) is 77.1 Å². The molecule has 0 radical (unpaired) electrons. The second-order valence-electron chi connectivity index (χ2n) is 11.4. The molecule has 40 heavy (non-hydrogen) atoms. The molecule has 5 atom stereocenters. The molecule has 10 nitrogen and oxygen atoms in total. The molecule has 3 aliphatic heterocycles. The normalized spacial score (nSPS) is 31.4. The van der Waals surface area contributed by atoms with Gasteiger partial charge in [-0.25, -0.2) is 9.59 Å². The molecule has 3 heterocycles. The average molecular weight is 553 g/mol. The Bertz CT molecular complexity index is 1170. The largest absolute Gasteiger partial charge is 0.464 e. The zero-order valence-corrected chi connectivity index (χ0v) is 23.2. The Kier molecular flexibility index (Phi) is 8.44. The van der Waals surface area contributed by atoms with Crippen LogP contribution >= 0.6 is 0 Å². The van der Waals surface area contributed by atoms with Crippen molar-refractivity contribution in [2.75, 3.05) is 19.7 Å². The van der Waals surface area contributed by atoms with Crippen LogP contribution in [0.2, 0.25) is 0 Å². The minimum absolute atomic E-state index is 0.0799. The predicted octanol–water partition coefficient (Wildman–Crippen LogP) is 2.44. The topological polar surface area (TPSA) is 131 Å². The molecule has 4 aliphatic rings. The molecule has 2 fully saturated rings. The van der Waals surface area contributed by atoms with E-state index in [1.807, 2.05) is 24.3 Å². The standard InChI is InChI=1S/C30H40N4O6/c1-2-39-28(37)30-17-22(30)12-6-4-3-5-7-13-24(31)27(36)34-19-23(16-25(34)26(35)32-30)40-29(38)33-15-14-20-10-8-9-11-21(20)18-33/h6,8-12,22-25H,2-5,7,13-19,31H2,1H3,(H,32,35)/b12-6-/t22-,23-,24+,25+,30-/m1/s1. The molecule has 0 unspecified atom stereocenters. The number of rotatable bonds is 3. The summed E-state index contributed by atoms with van der Waals surface area (Å²) in [5.74, 6) is -1.42. The van der Waals surface area contributed by atoms with E-state index in [0.29, 0.717) is 25.9 Å². The van der Waals surface area contributed by atoms with Crippen molar-refractivity contribution in [3.8, 4) is 0 Å². The lowest BCUT2D eigenvalue weighted by Crippen LogP contribution is -2.55. The van der Waals surface area contributed by atoms with E-state index in [1.54, 1.807) is 11.8 Å². The van der Waals surface area contributed by atoms with Crippen molar-refractivity contribution >= 4 is 23.9 Å². The van der Waals surface area contributed by atoms with E-state index in [9.17, 15) is 19.2 Å². The fourth-order valence-electron chi connectivity index (χ4n) is 6.16. The Morgan fingerprint density at radius 1 is 1.15 bits per heavy atom. The highest BCUT2D eigenvalue weighted by molar-refractivity contribution is 5.96. The summed E-state index contributed by atoms with van der Waals surface area (Å²) in [6.45, 7) is 3.01. The minimum atomic E-state index is -1.14. The van der Waals surface area contributed by atoms with Gasteiger partial charge in [-0.1, -0.05) is 49.3 Å². The molecule has 3 N–H and O–H groups in total. The lowest BCUT2D eigenvalue weighted by molar-refractivity contribution is -0.150. The number of hydrogen-bond donors (Lipinski definition) is 2. The smallest absolute Gasteiger partial charge is 0.410 e. The molecule has 1 aromatic rings. The number of nitrogens with zero attached hydrogens (tertiary/aromatic N) is 2. The van der Waals surface area contributed by atoms with Crippen molar-refractivity contribution in [1.82, 2.24) is 15.1 Å². The zero-order valence-electron chi connectivity index (χ0n) is 23.2. The SMILES string of the molecule is CCOC(=O)[C@@]12C[C@H]1/C=C\CCCCC[C@H](N)C(=O)N1C[C@H](OC(=O)N3CCc4ccccc4C3)C[C@H]1C(=O)N2. The van der Waals surface area contributed by atoms with Gasteiger partial charge in [0.05, 0.1) is 19.2 Å². The maximum absolute atomic E-state index is 13.7. The van der Waals surface area contributed by atoms with Gasteiger partial charge in [0.25, 0.3) is 0 Å². The molecule has 0 spiro atoms. The summed E-state index contributed by atoms with van der Waals surface area (Å²) in [4.78, 5) is 56.3. The van der Waals surface area contributed by atoms with E-state index in [-0.39, 0.29) is 31.4 Å². The van der Waals surface area contributed by atoms with E-state index < -0.39 is 41.7 Å². The van der Waals surface area contributed by atoms with Gasteiger partial charge in [0.2, 0.25) is 11.8 Å². The Morgan fingerprint density at radius 2 is 1.95 bits per heavy atom. The number of carbonyl (C=O) groups is 4. The monoisotopic (exact) mass is 552 g/mol. The third-order valence-electron chi connectivity index (χ3n) is 8.58. The van der Waals surface area contributed by atoms with Crippen LogP contribution in [-0.2, 0) is 36.8 Å². The number of nitrogens with two attached hydrogens (primary N) is 1. The van der Waals surface area contributed by atoms with Crippen LogP contribution in [0.15, 0.2) is 36.4 Å². The summed E-state index contributed by atoms with van der Waals surface area (Å²) in [7, 11) is 0. The van der Waals surface area contributed by atoms with Gasteiger partial charge in [-0.15, -0.1) is 0 Å². The number of ether oxygens (including phenoxy) is 2. The first-order valence-electron chi connectivity index (χ1n) is 14.6. The van der Waals surface area contributed by atoms with Crippen molar-refractivity contribution in [3.05, 3.63) is 47.5 Å². The van der Waals surface area contributed by atoms with E-state index in [4.69, 9.17) is 15.2 Å². The summed E-state index contributed by atoms with van der Waals surface area (Å²) < 4.78 is 11.2. The molecular weight excluding hydrogens is 512 g/mol. The van der Waals surface area contributed by atoms with E-state index >= 15 is 0 Å². The lowest BCUT2D eigenvalue weighted by atomic mass is 10.0. The van der Waals surface area contributed by atoms with E-state index in [2.05, 4.69) is 17.5 Å². The maximum atomic E-state index is 13.7. The fourth-order valence-corrected chi connectivity index (χ4v) is 6.16. The Morgan fingerprint density at radius 3 is 2.75 bits per heavy atom. The average Bonchev–Trinajstić information content (AvgIpc) is 3.48. The number of esters is 1. The molecular formula is C30H40N4O6. The summed E-state index contributed by atoms with van der Waals surface area (Å²) in [5, 5.41) is 2.93. The fraction of sp³-hybridized carbons (Fsp3) is 0.600. The van der Waals surface area contributed by atoms with E-state index in [0.717, 1.165) is 37.7 Å². The highest BCUT2D eigenvalue weighted by Gasteiger charge is 2.62. The van der Waals surface area contributed by atoms with Crippen molar-refractivity contribution in [1.29, 1.82) is 0 Å². The van der Waals surface area contributed by atoms with E-state index in [1.165, 1.54) is 10.5 Å². The van der Waals surface area contributed by atoms with Gasteiger partial charge in [0.1, 0.15) is 17.7 Å². The molecule has 1 aliphatic carbocycles. The molecule has 3 amide bonds. The number of benzene rings is 1. The van der Waals surface area contributed by atoms with Crippen LogP contribution in [0.4, 0.5) is 4.79 Å². The Balaban J connectivity index is 1.32. The number of amides is 3. The van der Waals surface area contributed by atoms with Crippen LogP contribution < -0.4 is 11.1 Å². The van der Waals surface area contributed by atoms with Gasteiger partial charge in [0.15, 0.2) is 0 Å². The van der Waals surface area contributed by atoms with Crippen LogP contribution in [0.5, 0.6) is 0 Å². The molecule has 1 saturated heterocycles. The van der Waals surface area contributed by atoms with Crippen molar-refractivity contribution in [2.24, 2.45) is 11.7 Å². The highest BCUT2D eigenvalue weighted by atomic mass is 16.6. The van der Waals surface area contributed by atoms with Gasteiger partial charge in [0, 0.05) is 25.4 Å². The minimum Gasteiger partial charge on any atom is -0.464 e. The third kappa shape index (κ3) is 5.87. The summed E-state index contributed by atoms with van der Waals surface area (Å²) in [6, 6.07) is 6.36. The molecule has 0 bridgehead atoms. The molecule has 1 aromatic carbocycles. The van der Waals surface area contributed by atoms with Crippen LogP contribution in [0.25, 0.3) is 0 Å². The van der Waals surface area contributed by atoms with Gasteiger partial charge in [-0.3, -0.25) is 9.59 Å². The van der Waals surface area contributed by atoms with Crippen molar-refractivity contribution in [2.45, 2.75) is 88.6 Å².